The molecule has 3 rings (SSSR count). The summed E-state index contributed by atoms with van der Waals surface area (Å²) in [6, 6.07) is 8.57. The van der Waals surface area contributed by atoms with E-state index in [-0.39, 0.29) is 6.04 Å². The average molecular weight is 268 g/mol. The molecular formula is C18H24N2. The van der Waals surface area contributed by atoms with Crippen LogP contribution in [0.2, 0.25) is 0 Å². The van der Waals surface area contributed by atoms with E-state index >= 15 is 0 Å². The zero-order valence-corrected chi connectivity index (χ0v) is 12.3. The summed E-state index contributed by atoms with van der Waals surface area (Å²) in [6.07, 6.45) is 10.4. The van der Waals surface area contributed by atoms with Crippen molar-refractivity contribution in [3.63, 3.8) is 0 Å². The van der Waals surface area contributed by atoms with Crippen LogP contribution in [0.4, 0.5) is 0 Å². The van der Waals surface area contributed by atoms with Crippen molar-refractivity contribution >= 4 is 10.8 Å². The van der Waals surface area contributed by atoms with Gasteiger partial charge in [0.1, 0.15) is 0 Å². The fraction of sp³-hybridized carbons (Fsp3) is 0.500. The van der Waals surface area contributed by atoms with Crippen LogP contribution in [-0.2, 0) is 0 Å². The maximum Gasteiger partial charge on any atom is 0.0346 e. The van der Waals surface area contributed by atoms with Crippen molar-refractivity contribution in [3.8, 4) is 0 Å². The van der Waals surface area contributed by atoms with Gasteiger partial charge in [0.25, 0.3) is 0 Å². The fourth-order valence-corrected chi connectivity index (χ4v) is 3.62. The van der Waals surface area contributed by atoms with Crippen molar-refractivity contribution in [2.24, 2.45) is 17.6 Å². The van der Waals surface area contributed by atoms with E-state index < -0.39 is 0 Å². The van der Waals surface area contributed by atoms with Crippen LogP contribution >= 0.6 is 0 Å². The minimum absolute atomic E-state index is 0.131. The molecule has 2 N–H and O–H groups in total. The number of nitrogens with zero attached hydrogens (tertiary/aromatic N) is 1. The van der Waals surface area contributed by atoms with E-state index in [4.69, 9.17) is 5.73 Å². The zero-order chi connectivity index (χ0) is 13.9. The number of hydrogen-bond acceptors (Lipinski definition) is 2. The highest BCUT2D eigenvalue weighted by Gasteiger charge is 2.26. The van der Waals surface area contributed by atoms with Crippen LogP contribution in [0.5, 0.6) is 0 Å². The van der Waals surface area contributed by atoms with Crippen molar-refractivity contribution in [1.82, 2.24) is 4.98 Å². The van der Waals surface area contributed by atoms with E-state index in [2.05, 4.69) is 36.2 Å². The second kappa shape index (κ2) is 5.92. The molecule has 1 heterocycles. The van der Waals surface area contributed by atoms with Gasteiger partial charge in [0.15, 0.2) is 0 Å². The van der Waals surface area contributed by atoms with E-state index in [9.17, 15) is 0 Å². The van der Waals surface area contributed by atoms with Crippen LogP contribution in [-0.4, -0.2) is 4.98 Å². The number of fused-ring (bicyclic) bond motifs is 1. The van der Waals surface area contributed by atoms with Gasteiger partial charge < -0.3 is 5.73 Å². The molecule has 20 heavy (non-hydrogen) atoms. The number of aromatic nitrogens is 1. The molecule has 2 nitrogen and oxygen atoms in total. The minimum Gasteiger partial charge on any atom is -0.324 e. The molecule has 0 amide bonds. The summed E-state index contributed by atoms with van der Waals surface area (Å²) in [7, 11) is 0. The van der Waals surface area contributed by atoms with Crippen LogP contribution < -0.4 is 5.73 Å². The molecule has 2 aromatic rings. The summed E-state index contributed by atoms with van der Waals surface area (Å²) in [5, 5.41) is 2.47. The summed E-state index contributed by atoms with van der Waals surface area (Å²) in [4.78, 5) is 4.38. The van der Waals surface area contributed by atoms with Crippen molar-refractivity contribution < 1.29 is 0 Å². The van der Waals surface area contributed by atoms with Gasteiger partial charge in [0.2, 0.25) is 0 Å². The molecule has 0 saturated heterocycles. The molecule has 1 atom stereocenters. The van der Waals surface area contributed by atoms with Crippen molar-refractivity contribution in [2.45, 2.75) is 45.1 Å². The van der Waals surface area contributed by atoms with Gasteiger partial charge in [-0.2, -0.15) is 0 Å². The Morgan fingerprint density at radius 1 is 1.15 bits per heavy atom. The first-order valence-corrected chi connectivity index (χ1v) is 7.87. The van der Waals surface area contributed by atoms with Gasteiger partial charge in [-0.15, -0.1) is 0 Å². The smallest absolute Gasteiger partial charge is 0.0346 e. The Hall–Kier alpha value is -1.41. The molecule has 1 fully saturated rings. The van der Waals surface area contributed by atoms with Gasteiger partial charge in [-0.3, -0.25) is 4.98 Å². The van der Waals surface area contributed by atoms with Crippen LogP contribution in [0.25, 0.3) is 10.8 Å². The predicted molar refractivity (Wildman–Crippen MR) is 84.4 cm³/mol. The van der Waals surface area contributed by atoms with Gasteiger partial charge in [0.05, 0.1) is 0 Å². The summed E-state index contributed by atoms with van der Waals surface area (Å²) in [6.45, 7) is 2.31. The van der Waals surface area contributed by atoms with Gasteiger partial charge >= 0.3 is 0 Å². The largest absolute Gasteiger partial charge is 0.324 e. The molecule has 1 unspecified atom stereocenters. The lowest BCUT2D eigenvalue weighted by Gasteiger charge is -2.32. The molecule has 0 bridgehead atoms. The Morgan fingerprint density at radius 2 is 1.90 bits per heavy atom. The molecule has 2 heteroatoms. The van der Waals surface area contributed by atoms with Gasteiger partial charge in [-0.1, -0.05) is 50.5 Å². The monoisotopic (exact) mass is 268 g/mol. The van der Waals surface area contributed by atoms with E-state index in [1.165, 1.54) is 48.4 Å². The highest BCUT2D eigenvalue weighted by atomic mass is 14.7. The normalized spacial score (nSPS) is 24.7. The van der Waals surface area contributed by atoms with Crippen LogP contribution in [0.1, 0.15) is 50.6 Å². The van der Waals surface area contributed by atoms with Gasteiger partial charge in [0, 0.05) is 23.8 Å². The first-order valence-electron chi connectivity index (χ1n) is 7.87. The molecule has 0 spiro atoms. The summed E-state index contributed by atoms with van der Waals surface area (Å²) in [5.41, 5.74) is 7.81. The van der Waals surface area contributed by atoms with E-state index in [0.29, 0.717) is 5.92 Å². The molecule has 106 valence electrons. The molecule has 1 aliphatic carbocycles. The van der Waals surface area contributed by atoms with E-state index in [0.717, 1.165) is 5.92 Å². The Kier molecular flexibility index (Phi) is 4.02. The van der Waals surface area contributed by atoms with Gasteiger partial charge in [-0.25, -0.2) is 0 Å². The summed E-state index contributed by atoms with van der Waals surface area (Å²) < 4.78 is 0. The maximum absolute atomic E-state index is 6.58. The Morgan fingerprint density at radius 3 is 2.65 bits per heavy atom. The standard InChI is InChI=1S/C18H24N2/c1-2-13-7-9-14(10-8-13)18(19)17-12-20-11-15-5-3-4-6-16(15)17/h3-6,11-14,18H,2,7-10,19H2,1H3. The topological polar surface area (TPSA) is 38.9 Å². The SMILES string of the molecule is CCC1CCC(C(N)c2cncc3ccccc23)CC1. The van der Waals surface area contributed by atoms with Crippen LogP contribution in [0, 0.1) is 11.8 Å². The van der Waals surface area contributed by atoms with E-state index in [1.54, 1.807) is 0 Å². The summed E-state index contributed by atoms with van der Waals surface area (Å²) in [5.74, 6) is 1.54. The number of hydrogen-bond donors (Lipinski definition) is 1. The quantitative estimate of drug-likeness (QED) is 0.893. The van der Waals surface area contributed by atoms with E-state index in [1.807, 2.05) is 12.4 Å². The maximum atomic E-state index is 6.58. The lowest BCUT2D eigenvalue weighted by Crippen LogP contribution is -2.26. The first-order chi connectivity index (χ1) is 9.79. The Labute approximate surface area is 121 Å². The average Bonchev–Trinajstić information content (AvgIpc) is 2.54. The third-order valence-corrected chi connectivity index (χ3v) is 5.03. The number of benzene rings is 1. The Balaban J connectivity index is 1.84. The first kappa shape index (κ1) is 13.6. The highest BCUT2D eigenvalue weighted by Crippen LogP contribution is 2.38. The Bertz CT molecular complexity index is 565. The molecule has 1 aromatic carbocycles. The third kappa shape index (κ3) is 2.57. The van der Waals surface area contributed by atoms with Crippen molar-refractivity contribution in [2.75, 3.05) is 0 Å². The third-order valence-electron chi connectivity index (χ3n) is 5.03. The predicted octanol–water partition coefficient (Wildman–Crippen LogP) is 4.45. The minimum atomic E-state index is 0.131. The highest BCUT2D eigenvalue weighted by molar-refractivity contribution is 5.85. The zero-order valence-electron chi connectivity index (χ0n) is 12.3. The lowest BCUT2D eigenvalue weighted by atomic mass is 9.76. The van der Waals surface area contributed by atoms with Crippen LogP contribution in [0.15, 0.2) is 36.7 Å². The number of pyridine rings is 1. The van der Waals surface area contributed by atoms with Crippen molar-refractivity contribution in [3.05, 3.63) is 42.2 Å². The fourth-order valence-electron chi connectivity index (χ4n) is 3.62. The van der Waals surface area contributed by atoms with Crippen molar-refractivity contribution in [1.29, 1.82) is 0 Å². The van der Waals surface area contributed by atoms with Crippen LogP contribution in [0.3, 0.4) is 0 Å². The molecule has 0 radical (unpaired) electrons. The second-order valence-corrected chi connectivity index (χ2v) is 6.16. The number of rotatable bonds is 3. The molecule has 1 aromatic heterocycles. The lowest BCUT2D eigenvalue weighted by molar-refractivity contribution is 0.240. The molecular weight excluding hydrogens is 244 g/mol. The molecule has 0 aliphatic heterocycles. The molecule has 1 aliphatic rings. The second-order valence-electron chi connectivity index (χ2n) is 6.16. The summed E-state index contributed by atoms with van der Waals surface area (Å²) >= 11 is 0. The number of nitrogens with two attached hydrogens (primary N) is 1. The molecule has 1 saturated carbocycles. The van der Waals surface area contributed by atoms with Gasteiger partial charge in [-0.05, 0) is 35.6 Å².